The van der Waals surface area contributed by atoms with E-state index in [1.165, 1.54) is 5.57 Å². The van der Waals surface area contributed by atoms with Crippen molar-refractivity contribution in [1.29, 1.82) is 0 Å². The Labute approximate surface area is 177 Å². The minimum Gasteiger partial charge on any atom is -0.491 e. The number of carbonyl (C=O) groups is 1. The molecule has 0 bridgehead atoms. The number of ether oxygens (including phenoxy) is 1. The Balaban J connectivity index is 1.34. The SMILES string of the molecule is CN(C(=O)c1cc2c(cn1)nc(N)c1cncn12)[C@@H]1COc2cc(C3=C=CC3)ccc21. The van der Waals surface area contributed by atoms with Crippen molar-refractivity contribution in [2.75, 3.05) is 19.4 Å². The summed E-state index contributed by atoms with van der Waals surface area (Å²) in [4.78, 5) is 27.8. The van der Waals surface area contributed by atoms with E-state index in [0.29, 0.717) is 29.2 Å². The first-order valence-electron chi connectivity index (χ1n) is 9.96. The summed E-state index contributed by atoms with van der Waals surface area (Å²) in [6.45, 7) is 0.410. The van der Waals surface area contributed by atoms with E-state index in [1.807, 2.05) is 22.6 Å². The van der Waals surface area contributed by atoms with Gasteiger partial charge in [0, 0.05) is 24.6 Å². The first kappa shape index (κ1) is 17.7. The number of nitrogens with zero attached hydrogens (tertiary/aromatic N) is 5. The summed E-state index contributed by atoms with van der Waals surface area (Å²) in [7, 11) is 1.77. The van der Waals surface area contributed by atoms with Crippen molar-refractivity contribution in [3.8, 4) is 5.75 Å². The minimum atomic E-state index is -0.192. The maximum atomic E-state index is 13.3. The predicted octanol–water partition coefficient (Wildman–Crippen LogP) is 3.01. The number of pyridine rings is 1. The van der Waals surface area contributed by atoms with Crippen molar-refractivity contribution >= 4 is 33.8 Å². The number of nitrogen functional groups attached to an aromatic ring is 1. The number of carbonyl (C=O) groups excluding carboxylic acids is 1. The monoisotopic (exact) mass is 410 g/mol. The number of hydrogen-bond acceptors (Lipinski definition) is 6. The van der Waals surface area contributed by atoms with Crippen molar-refractivity contribution in [3.63, 3.8) is 0 Å². The molecule has 31 heavy (non-hydrogen) atoms. The molecule has 0 saturated heterocycles. The molecule has 1 aliphatic carbocycles. The molecule has 2 N–H and O–H groups in total. The van der Waals surface area contributed by atoms with Crippen LogP contribution in [0.2, 0.25) is 0 Å². The summed E-state index contributed by atoms with van der Waals surface area (Å²) >= 11 is 0. The smallest absolute Gasteiger partial charge is 0.272 e. The van der Waals surface area contributed by atoms with Gasteiger partial charge in [-0.25, -0.2) is 15.0 Å². The molecule has 0 fully saturated rings. The van der Waals surface area contributed by atoms with Gasteiger partial charge in [-0.15, -0.1) is 5.73 Å². The lowest BCUT2D eigenvalue weighted by Gasteiger charge is -2.23. The molecular weight excluding hydrogens is 392 g/mol. The van der Waals surface area contributed by atoms with Crippen molar-refractivity contribution in [3.05, 3.63) is 71.6 Å². The van der Waals surface area contributed by atoms with Gasteiger partial charge in [-0.1, -0.05) is 12.1 Å². The van der Waals surface area contributed by atoms with Crippen molar-refractivity contribution in [1.82, 2.24) is 24.3 Å². The van der Waals surface area contributed by atoms with Crippen molar-refractivity contribution in [2.24, 2.45) is 0 Å². The lowest BCUT2D eigenvalue weighted by Crippen LogP contribution is -2.32. The van der Waals surface area contributed by atoms with Gasteiger partial charge < -0.3 is 15.4 Å². The molecule has 0 unspecified atom stereocenters. The summed E-state index contributed by atoms with van der Waals surface area (Å²) in [5.74, 6) is 0.993. The Morgan fingerprint density at radius 3 is 2.97 bits per heavy atom. The van der Waals surface area contributed by atoms with E-state index < -0.39 is 0 Å². The van der Waals surface area contributed by atoms with Gasteiger partial charge in [0.25, 0.3) is 5.91 Å². The number of imidazole rings is 1. The molecule has 152 valence electrons. The Hall–Kier alpha value is -4.16. The van der Waals surface area contributed by atoms with Crippen LogP contribution in [0.4, 0.5) is 5.82 Å². The molecule has 8 heteroatoms. The quantitative estimate of drug-likeness (QED) is 0.522. The summed E-state index contributed by atoms with van der Waals surface area (Å²) < 4.78 is 7.72. The number of hydrogen-bond donors (Lipinski definition) is 1. The van der Waals surface area contributed by atoms with E-state index in [4.69, 9.17) is 10.5 Å². The average molecular weight is 410 g/mol. The highest BCUT2D eigenvalue weighted by Crippen LogP contribution is 2.38. The van der Waals surface area contributed by atoms with Crippen LogP contribution >= 0.6 is 0 Å². The third-order valence-corrected chi connectivity index (χ3v) is 5.97. The fourth-order valence-electron chi connectivity index (χ4n) is 4.13. The molecule has 1 aromatic carbocycles. The van der Waals surface area contributed by atoms with Crippen LogP contribution < -0.4 is 10.5 Å². The van der Waals surface area contributed by atoms with Gasteiger partial charge in [-0.3, -0.25) is 9.20 Å². The zero-order valence-electron chi connectivity index (χ0n) is 16.7. The topological polar surface area (TPSA) is 98.6 Å². The first-order valence-corrected chi connectivity index (χ1v) is 9.96. The molecule has 0 spiro atoms. The van der Waals surface area contributed by atoms with Crippen LogP contribution in [0, 0.1) is 0 Å². The maximum Gasteiger partial charge on any atom is 0.272 e. The normalized spacial score (nSPS) is 16.7. The Bertz CT molecular complexity index is 1460. The number of nitrogens with two attached hydrogens (primary N) is 1. The standard InChI is InChI=1S/C23H18N6O2/c1-28(20-11-31-21-7-14(5-6-15(20)21)13-3-2-4-13)23(30)16-8-18-17(9-26-16)27-22(24)19-10-25-12-29(18)19/h2,5-10,12,20H,3,11H2,1H3,(H2,24,27)/t20-/m1/s1. The number of benzene rings is 1. The molecule has 3 aromatic heterocycles. The van der Waals surface area contributed by atoms with Crippen molar-refractivity contribution in [2.45, 2.75) is 12.5 Å². The molecular formula is C23H18N6O2. The van der Waals surface area contributed by atoms with Gasteiger partial charge in [0.1, 0.15) is 34.9 Å². The third-order valence-electron chi connectivity index (χ3n) is 5.97. The zero-order valence-corrected chi connectivity index (χ0v) is 16.7. The van der Waals surface area contributed by atoms with Crippen LogP contribution in [-0.4, -0.2) is 43.8 Å². The highest BCUT2D eigenvalue weighted by molar-refractivity contribution is 5.96. The van der Waals surface area contributed by atoms with E-state index in [0.717, 1.165) is 28.8 Å². The highest BCUT2D eigenvalue weighted by atomic mass is 16.5. The van der Waals surface area contributed by atoms with E-state index in [2.05, 4.69) is 26.7 Å². The Morgan fingerprint density at radius 1 is 1.29 bits per heavy atom. The summed E-state index contributed by atoms with van der Waals surface area (Å²) in [6, 6.07) is 7.68. The lowest BCUT2D eigenvalue weighted by atomic mass is 9.95. The van der Waals surface area contributed by atoms with Crippen LogP contribution in [0.15, 0.2) is 54.8 Å². The molecule has 6 rings (SSSR count). The van der Waals surface area contributed by atoms with Crippen LogP contribution in [-0.2, 0) is 0 Å². The number of fused-ring (bicyclic) bond motifs is 4. The maximum absolute atomic E-state index is 13.3. The molecule has 4 heterocycles. The second-order valence-electron chi connectivity index (χ2n) is 7.73. The molecule has 1 amide bonds. The Morgan fingerprint density at radius 2 is 2.16 bits per heavy atom. The van der Waals surface area contributed by atoms with Crippen molar-refractivity contribution < 1.29 is 9.53 Å². The molecule has 0 radical (unpaired) electrons. The molecule has 0 saturated carbocycles. The van der Waals surface area contributed by atoms with Gasteiger partial charge in [-0.2, -0.15) is 0 Å². The fourth-order valence-corrected chi connectivity index (χ4v) is 4.13. The summed E-state index contributed by atoms with van der Waals surface area (Å²) in [5.41, 5.74) is 14.8. The molecule has 2 aliphatic rings. The Kier molecular flexibility index (Phi) is 3.66. The van der Waals surface area contributed by atoms with Gasteiger partial charge >= 0.3 is 0 Å². The van der Waals surface area contributed by atoms with Gasteiger partial charge in [0.2, 0.25) is 0 Å². The lowest BCUT2D eigenvalue weighted by molar-refractivity contribution is 0.0703. The molecule has 1 aliphatic heterocycles. The van der Waals surface area contributed by atoms with Crippen LogP contribution in [0.3, 0.4) is 0 Å². The first-order chi connectivity index (χ1) is 15.1. The van der Waals surface area contributed by atoms with Gasteiger partial charge in [0.05, 0.1) is 30.3 Å². The number of anilines is 1. The molecule has 1 atom stereocenters. The summed E-state index contributed by atoms with van der Waals surface area (Å²) in [6.07, 6.45) is 7.80. The number of amides is 1. The molecule has 4 aromatic rings. The second-order valence-corrected chi connectivity index (χ2v) is 7.73. The van der Waals surface area contributed by atoms with E-state index in [1.54, 1.807) is 36.7 Å². The number of likely N-dealkylation sites (N-methyl/N-ethyl adjacent to an activating group) is 1. The van der Waals surface area contributed by atoms with Crippen LogP contribution in [0.1, 0.15) is 34.1 Å². The fraction of sp³-hybridized carbons (Fsp3) is 0.174. The minimum absolute atomic E-state index is 0.183. The van der Waals surface area contributed by atoms with E-state index in [9.17, 15) is 4.79 Å². The predicted molar refractivity (Wildman–Crippen MR) is 116 cm³/mol. The van der Waals surface area contributed by atoms with Crippen LogP contribution in [0.25, 0.3) is 22.1 Å². The molecule has 8 nitrogen and oxygen atoms in total. The van der Waals surface area contributed by atoms with Crippen LogP contribution in [0.5, 0.6) is 5.75 Å². The van der Waals surface area contributed by atoms with Gasteiger partial charge in [0.15, 0.2) is 0 Å². The van der Waals surface area contributed by atoms with E-state index >= 15 is 0 Å². The second kappa shape index (κ2) is 6.42. The zero-order chi connectivity index (χ0) is 21.1. The third kappa shape index (κ3) is 2.62. The summed E-state index contributed by atoms with van der Waals surface area (Å²) in [5, 5.41) is 0. The number of rotatable bonds is 3. The van der Waals surface area contributed by atoms with Gasteiger partial charge in [-0.05, 0) is 23.8 Å². The largest absolute Gasteiger partial charge is 0.491 e. The average Bonchev–Trinajstić information content (AvgIpc) is 3.39. The number of aromatic nitrogens is 4. The number of allylic oxidation sites excluding steroid dienone is 1. The highest BCUT2D eigenvalue weighted by Gasteiger charge is 2.32. The van der Waals surface area contributed by atoms with E-state index in [-0.39, 0.29) is 11.9 Å².